The molecule has 19 heavy (non-hydrogen) atoms. The van der Waals surface area contributed by atoms with Crippen molar-refractivity contribution >= 4 is 11.6 Å². The number of benzene rings is 1. The van der Waals surface area contributed by atoms with Crippen LogP contribution in [0.4, 0.5) is 18.9 Å². The van der Waals surface area contributed by atoms with E-state index in [1.807, 2.05) is 26.0 Å². The minimum absolute atomic E-state index is 0.375. The molecule has 0 atom stereocenters. The van der Waals surface area contributed by atoms with Gasteiger partial charge in [-0.15, -0.1) is 0 Å². The fourth-order valence-electron chi connectivity index (χ4n) is 1.41. The molecule has 0 aliphatic heterocycles. The van der Waals surface area contributed by atoms with E-state index in [0.29, 0.717) is 11.6 Å². The molecule has 6 heteroatoms. The maximum absolute atomic E-state index is 11.8. The van der Waals surface area contributed by atoms with Crippen molar-refractivity contribution in [3.63, 3.8) is 0 Å². The van der Waals surface area contributed by atoms with Crippen LogP contribution in [-0.4, -0.2) is 25.3 Å². The van der Waals surface area contributed by atoms with Gasteiger partial charge in [-0.05, 0) is 23.6 Å². The molecule has 1 aromatic rings. The maximum atomic E-state index is 11.8. The van der Waals surface area contributed by atoms with E-state index in [4.69, 9.17) is 0 Å². The molecule has 0 aromatic heterocycles. The summed E-state index contributed by atoms with van der Waals surface area (Å²) in [7, 11) is 0. The van der Waals surface area contributed by atoms with Crippen LogP contribution in [0.15, 0.2) is 24.3 Å². The Morgan fingerprint density at radius 3 is 2.32 bits per heavy atom. The van der Waals surface area contributed by atoms with E-state index in [0.717, 1.165) is 5.56 Å². The summed E-state index contributed by atoms with van der Waals surface area (Å²) >= 11 is 0. The van der Waals surface area contributed by atoms with Crippen LogP contribution in [0.2, 0.25) is 0 Å². The third-order valence-corrected chi connectivity index (χ3v) is 2.36. The smallest absolute Gasteiger partial charge is 0.362 e. The van der Waals surface area contributed by atoms with Crippen LogP contribution in [0, 0.1) is 0 Å². The molecule has 0 unspecified atom stereocenters. The number of alkyl halides is 3. The molecule has 0 aliphatic rings. The lowest BCUT2D eigenvalue weighted by Crippen LogP contribution is -2.23. The summed E-state index contributed by atoms with van der Waals surface area (Å²) in [6.07, 6.45) is -4.42. The molecule has 0 aliphatic carbocycles. The number of carbonyl (C=O) groups is 1. The Hall–Kier alpha value is -1.56. The largest absolute Gasteiger partial charge is 0.411 e. The zero-order valence-electron chi connectivity index (χ0n) is 10.8. The molecular formula is C13H16F3NO2. The topological polar surface area (TPSA) is 38.3 Å². The van der Waals surface area contributed by atoms with Gasteiger partial charge in [0.05, 0.1) is 0 Å². The quantitative estimate of drug-likeness (QED) is 0.895. The Kier molecular flexibility index (Phi) is 5.35. The SMILES string of the molecule is CC(C)c1ccc(NC(=O)COCC(F)(F)F)cc1. The van der Waals surface area contributed by atoms with Gasteiger partial charge in [-0.2, -0.15) is 13.2 Å². The van der Waals surface area contributed by atoms with Gasteiger partial charge in [0.2, 0.25) is 5.91 Å². The van der Waals surface area contributed by atoms with E-state index in [1.165, 1.54) is 0 Å². The Morgan fingerprint density at radius 2 is 1.84 bits per heavy atom. The highest BCUT2D eigenvalue weighted by Gasteiger charge is 2.27. The van der Waals surface area contributed by atoms with Crippen molar-refractivity contribution in [1.82, 2.24) is 0 Å². The molecule has 1 amide bonds. The fourth-order valence-corrected chi connectivity index (χ4v) is 1.41. The first-order valence-electron chi connectivity index (χ1n) is 5.82. The fraction of sp³-hybridized carbons (Fsp3) is 0.462. The lowest BCUT2D eigenvalue weighted by Gasteiger charge is -2.09. The zero-order chi connectivity index (χ0) is 14.5. The average Bonchev–Trinajstić information content (AvgIpc) is 2.27. The van der Waals surface area contributed by atoms with Crippen LogP contribution in [0.1, 0.15) is 25.3 Å². The van der Waals surface area contributed by atoms with E-state index >= 15 is 0 Å². The van der Waals surface area contributed by atoms with Crippen molar-refractivity contribution in [2.24, 2.45) is 0 Å². The van der Waals surface area contributed by atoms with E-state index in [1.54, 1.807) is 12.1 Å². The number of anilines is 1. The Balaban J connectivity index is 2.40. The number of carbonyl (C=O) groups excluding carboxylic acids is 1. The number of amides is 1. The summed E-state index contributed by atoms with van der Waals surface area (Å²) < 4.78 is 39.6. The number of hydrogen-bond donors (Lipinski definition) is 1. The van der Waals surface area contributed by atoms with Gasteiger partial charge in [0.1, 0.15) is 13.2 Å². The molecule has 1 rings (SSSR count). The highest BCUT2D eigenvalue weighted by molar-refractivity contribution is 5.91. The summed E-state index contributed by atoms with van der Waals surface area (Å²) in [4.78, 5) is 11.3. The van der Waals surface area contributed by atoms with E-state index in [-0.39, 0.29) is 0 Å². The lowest BCUT2D eigenvalue weighted by molar-refractivity contribution is -0.174. The molecule has 0 saturated carbocycles. The van der Waals surface area contributed by atoms with E-state index in [9.17, 15) is 18.0 Å². The van der Waals surface area contributed by atoms with Crippen molar-refractivity contribution in [3.05, 3.63) is 29.8 Å². The van der Waals surface area contributed by atoms with Gasteiger partial charge in [0.15, 0.2) is 0 Å². The predicted octanol–water partition coefficient (Wildman–Crippen LogP) is 3.33. The van der Waals surface area contributed by atoms with Crippen molar-refractivity contribution < 1.29 is 22.7 Å². The lowest BCUT2D eigenvalue weighted by atomic mass is 10.0. The maximum Gasteiger partial charge on any atom is 0.411 e. The second kappa shape index (κ2) is 6.56. The highest BCUT2D eigenvalue weighted by Crippen LogP contribution is 2.17. The van der Waals surface area contributed by atoms with Gasteiger partial charge >= 0.3 is 6.18 Å². The van der Waals surface area contributed by atoms with Gasteiger partial charge in [0, 0.05) is 5.69 Å². The third-order valence-electron chi connectivity index (χ3n) is 2.36. The van der Waals surface area contributed by atoms with Crippen molar-refractivity contribution in [2.45, 2.75) is 25.9 Å². The molecule has 0 spiro atoms. The number of nitrogens with one attached hydrogen (secondary N) is 1. The van der Waals surface area contributed by atoms with Gasteiger partial charge < -0.3 is 10.1 Å². The molecule has 3 nitrogen and oxygen atoms in total. The number of ether oxygens (including phenoxy) is 1. The normalized spacial score (nSPS) is 11.7. The first-order valence-corrected chi connectivity index (χ1v) is 5.82. The molecule has 1 aromatic carbocycles. The average molecular weight is 275 g/mol. The first-order chi connectivity index (χ1) is 8.78. The Bertz CT molecular complexity index is 413. The van der Waals surface area contributed by atoms with Crippen molar-refractivity contribution in [2.75, 3.05) is 18.5 Å². The summed E-state index contributed by atoms with van der Waals surface area (Å²) in [5.74, 6) is -0.235. The molecular weight excluding hydrogens is 259 g/mol. The third kappa shape index (κ3) is 6.24. The van der Waals surface area contributed by atoms with E-state index in [2.05, 4.69) is 10.1 Å². The summed E-state index contributed by atoms with van der Waals surface area (Å²) in [5.41, 5.74) is 1.65. The molecule has 0 bridgehead atoms. The van der Waals surface area contributed by atoms with Crippen LogP contribution in [0.3, 0.4) is 0 Å². The van der Waals surface area contributed by atoms with Gasteiger partial charge in [-0.25, -0.2) is 0 Å². The van der Waals surface area contributed by atoms with E-state index < -0.39 is 25.3 Å². The zero-order valence-corrected chi connectivity index (χ0v) is 10.8. The number of hydrogen-bond acceptors (Lipinski definition) is 2. The molecule has 0 heterocycles. The summed E-state index contributed by atoms with van der Waals surface area (Å²) in [6, 6.07) is 7.13. The van der Waals surface area contributed by atoms with Crippen LogP contribution in [0.5, 0.6) is 0 Å². The van der Waals surface area contributed by atoms with Crippen LogP contribution >= 0.6 is 0 Å². The number of rotatable bonds is 5. The molecule has 0 radical (unpaired) electrons. The van der Waals surface area contributed by atoms with Gasteiger partial charge in [-0.1, -0.05) is 26.0 Å². The van der Waals surface area contributed by atoms with Crippen molar-refractivity contribution in [3.8, 4) is 0 Å². The van der Waals surface area contributed by atoms with Crippen LogP contribution in [0.25, 0.3) is 0 Å². The minimum Gasteiger partial charge on any atom is -0.362 e. The highest BCUT2D eigenvalue weighted by atomic mass is 19.4. The van der Waals surface area contributed by atoms with Crippen molar-refractivity contribution in [1.29, 1.82) is 0 Å². The van der Waals surface area contributed by atoms with Gasteiger partial charge in [0.25, 0.3) is 0 Å². The Morgan fingerprint density at radius 1 is 1.26 bits per heavy atom. The standard InChI is InChI=1S/C13H16F3NO2/c1-9(2)10-3-5-11(6-4-10)17-12(18)7-19-8-13(14,15)16/h3-6,9H,7-8H2,1-2H3,(H,17,18). The Labute approximate surface area is 109 Å². The first kappa shape index (κ1) is 15.5. The van der Waals surface area contributed by atoms with Crippen LogP contribution < -0.4 is 5.32 Å². The minimum atomic E-state index is -4.42. The second-order valence-corrected chi connectivity index (χ2v) is 4.43. The predicted molar refractivity (Wildman–Crippen MR) is 66.0 cm³/mol. The molecule has 106 valence electrons. The number of halogens is 3. The molecule has 0 saturated heterocycles. The molecule has 0 fully saturated rings. The summed E-state index contributed by atoms with van der Waals surface area (Å²) in [5, 5.41) is 2.46. The van der Waals surface area contributed by atoms with Gasteiger partial charge in [-0.3, -0.25) is 4.79 Å². The monoisotopic (exact) mass is 275 g/mol. The van der Waals surface area contributed by atoms with Crippen LogP contribution in [-0.2, 0) is 9.53 Å². The second-order valence-electron chi connectivity index (χ2n) is 4.43. The summed E-state index contributed by atoms with van der Waals surface area (Å²) in [6.45, 7) is 2.04. The molecule has 1 N–H and O–H groups in total.